The second-order valence-corrected chi connectivity index (χ2v) is 3.44. The van der Waals surface area contributed by atoms with Crippen LogP contribution in [0.1, 0.15) is 10.4 Å². The van der Waals surface area contributed by atoms with Crippen molar-refractivity contribution in [1.82, 2.24) is 0 Å². The largest absolute Gasteiger partial charge is 0.477 e. The predicted octanol–water partition coefficient (Wildman–Crippen LogP) is 2.21. The highest BCUT2D eigenvalue weighted by Crippen LogP contribution is 2.28. The quantitative estimate of drug-likeness (QED) is 0.374. The Morgan fingerprint density at radius 3 is 2.55 bits per heavy atom. The Morgan fingerprint density at radius 2 is 2.05 bits per heavy atom. The topological polar surface area (TPSA) is 98.9 Å². The summed E-state index contributed by atoms with van der Waals surface area (Å²) in [4.78, 5) is 20.6. The molecule has 0 saturated carbocycles. The maximum absolute atomic E-state index is 11.8. The lowest BCUT2D eigenvalue weighted by atomic mass is 10.1. The summed E-state index contributed by atoms with van der Waals surface area (Å²) in [6.45, 7) is -2.47. The van der Waals surface area contributed by atoms with Gasteiger partial charge < -0.3 is 14.6 Å². The number of alkyl halides is 3. The first-order valence-corrected chi connectivity index (χ1v) is 5.00. The second kappa shape index (κ2) is 6.19. The number of carboxylic acid groups (broad SMARTS) is 1. The number of halogens is 3. The Balaban J connectivity index is 2.82. The fraction of sp³-hybridized carbons (Fsp3) is 0.300. The molecule has 1 aromatic carbocycles. The zero-order valence-corrected chi connectivity index (χ0v) is 9.72. The summed E-state index contributed by atoms with van der Waals surface area (Å²) in [7, 11) is 0. The number of hydrogen-bond donors (Lipinski definition) is 1. The Hall–Kier alpha value is -2.36. The van der Waals surface area contributed by atoms with Crippen molar-refractivity contribution in [2.75, 3.05) is 13.4 Å². The van der Waals surface area contributed by atoms with E-state index < -0.39 is 47.5 Å². The van der Waals surface area contributed by atoms with Crippen LogP contribution in [0.4, 0.5) is 18.9 Å². The number of hydrogen-bond acceptors (Lipinski definition) is 5. The van der Waals surface area contributed by atoms with Crippen molar-refractivity contribution in [2.24, 2.45) is 0 Å². The number of carbonyl (C=O) groups is 1. The Labute approximate surface area is 109 Å². The zero-order chi connectivity index (χ0) is 15.3. The summed E-state index contributed by atoms with van der Waals surface area (Å²) < 4.78 is 44.2. The summed E-state index contributed by atoms with van der Waals surface area (Å²) in [5.74, 6) is -2.09. The van der Waals surface area contributed by atoms with E-state index in [4.69, 9.17) is 5.11 Å². The summed E-state index contributed by atoms with van der Waals surface area (Å²) in [6, 6.07) is 3.16. The molecule has 0 saturated heterocycles. The number of rotatable bonds is 6. The van der Waals surface area contributed by atoms with Gasteiger partial charge in [-0.2, -0.15) is 13.2 Å². The third-order valence-electron chi connectivity index (χ3n) is 1.98. The van der Waals surface area contributed by atoms with E-state index in [-0.39, 0.29) is 0 Å². The molecular formula is C10H8F3NO6. The van der Waals surface area contributed by atoms with E-state index in [2.05, 4.69) is 9.47 Å². The number of nitrogens with zero attached hydrogens (tertiary/aromatic N) is 1. The van der Waals surface area contributed by atoms with Crippen molar-refractivity contribution in [1.29, 1.82) is 0 Å². The van der Waals surface area contributed by atoms with Crippen LogP contribution in [0, 0.1) is 10.1 Å². The molecule has 10 heteroatoms. The van der Waals surface area contributed by atoms with Crippen LogP contribution in [0.5, 0.6) is 5.75 Å². The van der Waals surface area contributed by atoms with Gasteiger partial charge in [-0.25, -0.2) is 4.79 Å². The highest BCUT2D eigenvalue weighted by molar-refractivity contribution is 5.95. The van der Waals surface area contributed by atoms with E-state index >= 15 is 0 Å². The first-order valence-electron chi connectivity index (χ1n) is 5.00. The monoisotopic (exact) mass is 295 g/mol. The smallest absolute Gasteiger partial charge is 0.411 e. The third kappa shape index (κ3) is 4.39. The van der Waals surface area contributed by atoms with Crippen LogP contribution in [0.3, 0.4) is 0 Å². The van der Waals surface area contributed by atoms with Gasteiger partial charge in [-0.15, -0.1) is 0 Å². The minimum Gasteiger partial charge on any atom is -0.477 e. The lowest BCUT2D eigenvalue weighted by molar-refractivity contribution is -0.385. The molecular weight excluding hydrogens is 287 g/mol. The molecule has 0 aliphatic heterocycles. The van der Waals surface area contributed by atoms with Crippen LogP contribution in [0.2, 0.25) is 0 Å². The number of aromatic carboxylic acids is 1. The van der Waals surface area contributed by atoms with Gasteiger partial charge >= 0.3 is 12.1 Å². The second-order valence-electron chi connectivity index (χ2n) is 3.44. The summed E-state index contributed by atoms with van der Waals surface area (Å²) in [5.41, 5.74) is -1.49. The zero-order valence-electron chi connectivity index (χ0n) is 9.72. The van der Waals surface area contributed by atoms with Crippen molar-refractivity contribution >= 4 is 11.7 Å². The first kappa shape index (κ1) is 15.7. The molecule has 0 aliphatic rings. The Morgan fingerprint density at radius 1 is 1.40 bits per heavy atom. The highest BCUT2D eigenvalue weighted by Gasteiger charge is 2.28. The van der Waals surface area contributed by atoms with Gasteiger partial charge in [0.25, 0.3) is 5.69 Å². The molecule has 0 bridgehead atoms. The van der Waals surface area contributed by atoms with Crippen LogP contribution in [-0.2, 0) is 4.74 Å². The van der Waals surface area contributed by atoms with Gasteiger partial charge in [-0.05, 0) is 6.07 Å². The van der Waals surface area contributed by atoms with Crippen molar-refractivity contribution in [3.8, 4) is 5.75 Å². The molecule has 0 atom stereocenters. The number of nitro benzene ring substituents is 1. The molecule has 0 unspecified atom stereocenters. The molecule has 0 heterocycles. The molecule has 0 amide bonds. The average Bonchev–Trinajstić information content (AvgIpc) is 2.32. The van der Waals surface area contributed by atoms with E-state index in [1.165, 1.54) is 0 Å². The molecule has 0 radical (unpaired) electrons. The van der Waals surface area contributed by atoms with Gasteiger partial charge in [0.15, 0.2) is 12.4 Å². The SMILES string of the molecule is O=C(O)c1c(OCOCC(F)(F)F)cccc1[N+](=O)[O-]. The molecule has 110 valence electrons. The molecule has 0 aromatic heterocycles. The number of ether oxygens (including phenoxy) is 2. The third-order valence-corrected chi connectivity index (χ3v) is 1.98. The lowest BCUT2D eigenvalue weighted by Gasteiger charge is -2.11. The molecule has 20 heavy (non-hydrogen) atoms. The van der Waals surface area contributed by atoms with Crippen molar-refractivity contribution in [3.63, 3.8) is 0 Å². The minimum atomic E-state index is -4.55. The number of nitro groups is 1. The van der Waals surface area contributed by atoms with Crippen molar-refractivity contribution in [2.45, 2.75) is 6.18 Å². The van der Waals surface area contributed by atoms with Gasteiger partial charge in [-0.3, -0.25) is 10.1 Å². The standard InChI is InChI=1S/C10H8F3NO6/c11-10(12,13)4-19-5-20-7-3-1-2-6(14(17)18)8(7)9(15)16/h1-3H,4-5H2,(H,15,16). The van der Waals surface area contributed by atoms with Crippen LogP contribution in [0.25, 0.3) is 0 Å². The van der Waals surface area contributed by atoms with Crippen LogP contribution in [0.15, 0.2) is 18.2 Å². The lowest BCUT2D eigenvalue weighted by Crippen LogP contribution is -2.19. The van der Waals surface area contributed by atoms with E-state index in [0.717, 1.165) is 18.2 Å². The fourth-order valence-electron chi connectivity index (χ4n) is 1.27. The first-order chi connectivity index (χ1) is 9.22. The number of benzene rings is 1. The molecule has 1 N–H and O–H groups in total. The summed E-state index contributed by atoms with van der Waals surface area (Å²) in [6.07, 6.45) is -4.55. The van der Waals surface area contributed by atoms with Crippen molar-refractivity contribution in [3.05, 3.63) is 33.9 Å². The normalized spacial score (nSPS) is 11.2. The van der Waals surface area contributed by atoms with Crippen LogP contribution < -0.4 is 4.74 Å². The van der Waals surface area contributed by atoms with Gasteiger partial charge in [0.2, 0.25) is 0 Å². The molecule has 0 fully saturated rings. The summed E-state index contributed by atoms with van der Waals surface area (Å²) >= 11 is 0. The van der Waals surface area contributed by atoms with E-state index in [0.29, 0.717) is 0 Å². The van der Waals surface area contributed by atoms with Gasteiger partial charge in [0.1, 0.15) is 12.4 Å². The minimum absolute atomic E-state index is 0.450. The molecule has 7 nitrogen and oxygen atoms in total. The van der Waals surface area contributed by atoms with Crippen molar-refractivity contribution < 1.29 is 37.5 Å². The van der Waals surface area contributed by atoms with Gasteiger partial charge in [0.05, 0.1) is 4.92 Å². The van der Waals surface area contributed by atoms with Gasteiger partial charge in [0, 0.05) is 6.07 Å². The fourth-order valence-corrected chi connectivity index (χ4v) is 1.27. The van der Waals surface area contributed by atoms with Crippen LogP contribution >= 0.6 is 0 Å². The Kier molecular flexibility index (Phi) is 4.86. The highest BCUT2D eigenvalue weighted by atomic mass is 19.4. The maximum atomic E-state index is 11.8. The maximum Gasteiger partial charge on any atom is 0.411 e. The Bertz CT molecular complexity index is 516. The molecule has 1 rings (SSSR count). The van der Waals surface area contributed by atoms with Crippen LogP contribution in [-0.4, -0.2) is 35.6 Å². The predicted molar refractivity (Wildman–Crippen MR) is 57.6 cm³/mol. The van der Waals surface area contributed by atoms with E-state index in [1.807, 2.05) is 0 Å². The average molecular weight is 295 g/mol. The van der Waals surface area contributed by atoms with Gasteiger partial charge in [-0.1, -0.05) is 6.07 Å². The van der Waals surface area contributed by atoms with E-state index in [9.17, 15) is 28.1 Å². The molecule has 0 aliphatic carbocycles. The molecule has 1 aromatic rings. The van der Waals surface area contributed by atoms with E-state index in [1.54, 1.807) is 0 Å². The molecule has 0 spiro atoms. The summed E-state index contributed by atoms with van der Waals surface area (Å²) in [5, 5.41) is 19.5. The number of carboxylic acids is 1.